The second-order valence-corrected chi connectivity index (χ2v) is 7.10. The predicted octanol–water partition coefficient (Wildman–Crippen LogP) is 1.66. The highest BCUT2D eigenvalue weighted by Crippen LogP contribution is 2.29. The van der Waals surface area contributed by atoms with Crippen LogP contribution in [0.2, 0.25) is 0 Å². The molecule has 3 heterocycles. The van der Waals surface area contributed by atoms with Crippen molar-refractivity contribution in [3.05, 3.63) is 41.1 Å². The number of methoxy groups -OCH3 is 1. The van der Waals surface area contributed by atoms with Crippen molar-refractivity contribution in [1.82, 2.24) is 25.8 Å². The molecule has 0 unspecified atom stereocenters. The number of pyridine rings is 1. The second-order valence-electron chi connectivity index (χ2n) is 7.10. The van der Waals surface area contributed by atoms with Crippen LogP contribution in [0.1, 0.15) is 21.6 Å². The number of nitrogens with one attached hydrogen (secondary N) is 3. The van der Waals surface area contributed by atoms with Crippen LogP contribution in [0.15, 0.2) is 24.3 Å². The number of H-pyrrole nitrogens is 1. The molecule has 1 saturated heterocycles. The minimum absolute atomic E-state index is 0.0643. The van der Waals surface area contributed by atoms with Gasteiger partial charge in [-0.05, 0) is 43.7 Å². The monoisotopic (exact) mass is 381 g/mol. The molecular weight excluding hydrogens is 358 g/mol. The smallest absolute Gasteiger partial charge is 0.252 e. The number of hydrogen-bond acceptors (Lipinski definition) is 6. The lowest BCUT2D eigenvalue weighted by atomic mass is 10.0. The van der Waals surface area contributed by atoms with Crippen molar-refractivity contribution in [3.8, 4) is 17.0 Å². The van der Waals surface area contributed by atoms with Crippen molar-refractivity contribution in [3.63, 3.8) is 0 Å². The average molecular weight is 381 g/mol. The van der Waals surface area contributed by atoms with E-state index in [4.69, 9.17) is 4.74 Å². The zero-order valence-electron chi connectivity index (χ0n) is 16.0. The number of aromatic hydroxyl groups is 1. The first-order valence-electron chi connectivity index (χ1n) is 9.18. The summed E-state index contributed by atoms with van der Waals surface area (Å²) in [5.41, 5.74) is 4.15. The van der Waals surface area contributed by atoms with Crippen LogP contribution in [0, 0.1) is 13.8 Å². The van der Waals surface area contributed by atoms with E-state index in [2.05, 4.69) is 25.8 Å². The number of benzene rings is 1. The van der Waals surface area contributed by atoms with Crippen LogP contribution in [0.5, 0.6) is 5.75 Å². The van der Waals surface area contributed by atoms with Crippen LogP contribution < -0.4 is 10.6 Å². The van der Waals surface area contributed by atoms with Gasteiger partial charge < -0.3 is 20.5 Å². The number of carbonyl (C=O) groups is 1. The number of phenolic OH excluding ortho intramolecular Hbond substituents is 1. The molecule has 3 aromatic rings. The molecule has 4 rings (SSSR count). The molecule has 1 amide bonds. The van der Waals surface area contributed by atoms with Crippen LogP contribution in [-0.4, -0.2) is 58.5 Å². The van der Waals surface area contributed by atoms with Gasteiger partial charge in [0.2, 0.25) is 0 Å². The Morgan fingerprint density at radius 1 is 1.29 bits per heavy atom. The van der Waals surface area contributed by atoms with E-state index in [1.165, 1.54) is 0 Å². The van der Waals surface area contributed by atoms with Gasteiger partial charge in [-0.3, -0.25) is 9.89 Å². The van der Waals surface area contributed by atoms with E-state index in [-0.39, 0.29) is 23.8 Å². The number of ether oxygens (including phenoxy) is 1. The fraction of sp³-hybridized carbons (Fsp3) is 0.350. The van der Waals surface area contributed by atoms with Crippen molar-refractivity contribution in [1.29, 1.82) is 0 Å². The zero-order valence-corrected chi connectivity index (χ0v) is 16.0. The summed E-state index contributed by atoms with van der Waals surface area (Å²) in [5.74, 6) is 0.00218. The van der Waals surface area contributed by atoms with Gasteiger partial charge in [-0.25, -0.2) is 4.98 Å². The quantitative estimate of drug-likeness (QED) is 0.547. The molecule has 0 saturated carbocycles. The normalized spacial score (nSPS) is 19.2. The summed E-state index contributed by atoms with van der Waals surface area (Å²) in [6.45, 7) is 5.10. The number of aromatic nitrogens is 3. The number of carbonyl (C=O) groups excluding carboxylic acids is 1. The molecule has 1 aliphatic rings. The molecule has 0 radical (unpaired) electrons. The maximum absolute atomic E-state index is 13.1. The SMILES string of the molecule is CO[C@H]1CNC[C@@H]1NC(=O)c1cc(-c2ccc(O)cc2C)nc2[nH]nc(C)c12. The maximum atomic E-state index is 13.1. The average Bonchev–Trinajstić information content (AvgIpc) is 3.27. The van der Waals surface area contributed by atoms with Crippen molar-refractivity contribution in [2.75, 3.05) is 20.2 Å². The van der Waals surface area contributed by atoms with Crippen LogP contribution in [0.3, 0.4) is 0 Å². The fourth-order valence-corrected chi connectivity index (χ4v) is 3.73. The molecule has 2 aromatic heterocycles. The molecule has 8 heteroatoms. The lowest BCUT2D eigenvalue weighted by Crippen LogP contribution is -2.43. The number of phenols is 1. The number of fused-ring (bicyclic) bond motifs is 1. The standard InChI is InChI=1S/C20H23N5O3/c1-10-6-12(26)4-5-13(10)15-7-14(18-11(2)24-25-19(18)22-15)20(27)23-16-8-21-9-17(16)28-3/h4-7,16-17,21,26H,8-9H2,1-3H3,(H,23,27)(H,22,24,25)/t16-,17-/m0/s1. The summed E-state index contributed by atoms with van der Waals surface area (Å²) in [7, 11) is 1.65. The third-order valence-corrected chi connectivity index (χ3v) is 5.22. The number of amides is 1. The zero-order chi connectivity index (χ0) is 19.8. The minimum Gasteiger partial charge on any atom is -0.508 e. The summed E-state index contributed by atoms with van der Waals surface area (Å²) in [4.78, 5) is 17.8. The van der Waals surface area contributed by atoms with Gasteiger partial charge in [0.05, 0.1) is 34.5 Å². The van der Waals surface area contributed by atoms with Crippen LogP contribution in [-0.2, 0) is 4.74 Å². The molecular formula is C20H23N5O3. The third kappa shape index (κ3) is 3.21. The van der Waals surface area contributed by atoms with Gasteiger partial charge in [-0.1, -0.05) is 0 Å². The first-order chi connectivity index (χ1) is 13.5. The molecule has 0 aliphatic carbocycles. The van der Waals surface area contributed by atoms with Gasteiger partial charge in [0.25, 0.3) is 5.91 Å². The van der Waals surface area contributed by atoms with Crippen molar-refractivity contribution < 1.29 is 14.6 Å². The van der Waals surface area contributed by atoms with Crippen LogP contribution in [0.4, 0.5) is 0 Å². The van der Waals surface area contributed by atoms with E-state index in [9.17, 15) is 9.90 Å². The number of nitrogens with zero attached hydrogens (tertiary/aromatic N) is 2. The topological polar surface area (TPSA) is 112 Å². The maximum Gasteiger partial charge on any atom is 0.252 e. The van der Waals surface area contributed by atoms with E-state index in [1.54, 1.807) is 31.4 Å². The molecule has 0 bridgehead atoms. The van der Waals surface area contributed by atoms with Crippen LogP contribution in [0.25, 0.3) is 22.3 Å². The van der Waals surface area contributed by atoms with Gasteiger partial charge in [0.15, 0.2) is 5.65 Å². The number of rotatable bonds is 4. The first-order valence-corrected chi connectivity index (χ1v) is 9.18. The molecule has 1 aromatic carbocycles. The van der Waals surface area contributed by atoms with E-state index in [1.807, 2.05) is 13.8 Å². The largest absolute Gasteiger partial charge is 0.508 e. The Morgan fingerprint density at radius 3 is 2.86 bits per heavy atom. The predicted molar refractivity (Wildman–Crippen MR) is 105 cm³/mol. The highest BCUT2D eigenvalue weighted by Gasteiger charge is 2.29. The Morgan fingerprint density at radius 2 is 2.11 bits per heavy atom. The lowest BCUT2D eigenvalue weighted by Gasteiger charge is -2.19. The van der Waals surface area contributed by atoms with E-state index in [0.29, 0.717) is 35.4 Å². The molecule has 28 heavy (non-hydrogen) atoms. The number of aromatic amines is 1. The third-order valence-electron chi connectivity index (χ3n) is 5.22. The second kappa shape index (κ2) is 7.21. The van der Waals surface area contributed by atoms with Gasteiger partial charge >= 0.3 is 0 Å². The van der Waals surface area contributed by atoms with E-state index >= 15 is 0 Å². The number of aryl methyl sites for hydroxylation is 2. The Labute approximate surface area is 162 Å². The van der Waals surface area contributed by atoms with Gasteiger partial charge in [0, 0.05) is 25.8 Å². The summed E-state index contributed by atoms with van der Waals surface area (Å²) in [6, 6.07) is 6.76. The molecule has 1 aliphatic heterocycles. The lowest BCUT2D eigenvalue weighted by molar-refractivity contribution is 0.0781. The summed E-state index contributed by atoms with van der Waals surface area (Å²) >= 11 is 0. The molecule has 1 fully saturated rings. The Hall–Kier alpha value is -2.97. The Balaban J connectivity index is 1.78. The van der Waals surface area contributed by atoms with E-state index < -0.39 is 0 Å². The Bertz CT molecular complexity index is 1050. The van der Waals surface area contributed by atoms with Gasteiger partial charge in [-0.2, -0.15) is 5.10 Å². The highest BCUT2D eigenvalue weighted by atomic mass is 16.5. The number of hydrogen-bond donors (Lipinski definition) is 4. The molecule has 0 spiro atoms. The van der Waals surface area contributed by atoms with E-state index in [0.717, 1.165) is 16.8 Å². The van der Waals surface area contributed by atoms with Crippen LogP contribution >= 0.6 is 0 Å². The highest BCUT2D eigenvalue weighted by molar-refractivity contribution is 6.07. The van der Waals surface area contributed by atoms with Crippen molar-refractivity contribution >= 4 is 16.9 Å². The minimum atomic E-state index is -0.190. The first kappa shape index (κ1) is 18.4. The van der Waals surface area contributed by atoms with Crippen molar-refractivity contribution in [2.45, 2.75) is 26.0 Å². The molecule has 2 atom stereocenters. The Kier molecular flexibility index (Phi) is 4.74. The summed E-state index contributed by atoms with van der Waals surface area (Å²) in [6.07, 6.45) is -0.0643. The van der Waals surface area contributed by atoms with Crippen molar-refractivity contribution in [2.24, 2.45) is 0 Å². The van der Waals surface area contributed by atoms with Gasteiger partial charge in [-0.15, -0.1) is 0 Å². The molecule has 4 N–H and O–H groups in total. The fourth-order valence-electron chi connectivity index (χ4n) is 3.73. The van der Waals surface area contributed by atoms with Gasteiger partial charge in [0.1, 0.15) is 5.75 Å². The molecule has 146 valence electrons. The summed E-state index contributed by atoms with van der Waals surface area (Å²) in [5, 5.41) is 23.8. The molecule has 8 nitrogen and oxygen atoms in total. The summed E-state index contributed by atoms with van der Waals surface area (Å²) < 4.78 is 5.44.